The Morgan fingerprint density at radius 2 is 2.07 bits per heavy atom. The van der Waals surface area contributed by atoms with E-state index in [1.807, 2.05) is 29.7 Å². The molecule has 1 N–H and O–H groups in total. The maximum absolute atomic E-state index is 12.2. The molecule has 7 nitrogen and oxygen atoms in total. The quantitative estimate of drug-likeness (QED) is 0.637. The van der Waals surface area contributed by atoms with Crippen LogP contribution >= 0.6 is 23.4 Å². The second-order valence-electron chi connectivity index (χ2n) is 5.43. The zero-order valence-electron chi connectivity index (χ0n) is 14.4. The first-order valence-corrected chi connectivity index (χ1v) is 9.44. The molecule has 0 aliphatic carbocycles. The third-order valence-electron chi connectivity index (χ3n) is 3.68. The topological polar surface area (TPSA) is 96.5 Å². The monoisotopic (exact) mass is 398 g/mol. The number of aromatic nitrogens is 4. The number of thioether (sulfide) groups is 1. The minimum atomic E-state index is -0.197. The van der Waals surface area contributed by atoms with Gasteiger partial charge in [0.05, 0.1) is 16.3 Å². The van der Waals surface area contributed by atoms with E-state index in [1.54, 1.807) is 30.6 Å². The Balaban J connectivity index is 1.66. The number of rotatable bonds is 6. The number of hydrogen-bond acceptors (Lipinski definition) is 6. The van der Waals surface area contributed by atoms with Crippen molar-refractivity contribution >= 4 is 35.0 Å². The molecular formula is C18H15ClN6OS. The summed E-state index contributed by atoms with van der Waals surface area (Å²) in [4.78, 5) is 16.2. The molecule has 2 aromatic heterocycles. The summed E-state index contributed by atoms with van der Waals surface area (Å²) in [6.07, 6.45) is 3.40. The van der Waals surface area contributed by atoms with Crippen molar-refractivity contribution in [3.63, 3.8) is 0 Å². The van der Waals surface area contributed by atoms with Crippen LogP contribution in [0.5, 0.6) is 0 Å². The lowest BCUT2D eigenvalue weighted by atomic mass is 10.2. The van der Waals surface area contributed by atoms with Crippen LogP contribution in [0.1, 0.15) is 12.5 Å². The van der Waals surface area contributed by atoms with Gasteiger partial charge < -0.3 is 9.88 Å². The Bertz CT molecular complexity index is 999. The SMILES string of the molecule is CCn1c(SCC(=O)Nc2ccc(C#N)c(Cl)c2)nnc1-c1ccncc1. The molecule has 0 saturated heterocycles. The van der Waals surface area contributed by atoms with Crippen molar-refractivity contribution in [3.8, 4) is 17.5 Å². The van der Waals surface area contributed by atoms with Crippen molar-refractivity contribution < 1.29 is 4.79 Å². The van der Waals surface area contributed by atoms with E-state index < -0.39 is 0 Å². The molecule has 0 fully saturated rings. The van der Waals surface area contributed by atoms with E-state index in [1.165, 1.54) is 11.8 Å². The fourth-order valence-electron chi connectivity index (χ4n) is 2.41. The van der Waals surface area contributed by atoms with E-state index in [9.17, 15) is 4.79 Å². The molecule has 0 unspecified atom stereocenters. The molecule has 0 aliphatic heterocycles. The van der Waals surface area contributed by atoms with Crippen molar-refractivity contribution in [2.45, 2.75) is 18.6 Å². The number of nitriles is 1. The van der Waals surface area contributed by atoms with Gasteiger partial charge in [0.2, 0.25) is 5.91 Å². The summed E-state index contributed by atoms with van der Waals surface area (Å²) in [5.41, 5.74) is 1.82. The predicted molar refractivity (Wildman–Crippen MR) is 104 cm³/mol. The van der Waals surface area contributed by atoms with E-state index in [0.717, 1.165) is 11.4 Å². The molecule has 0 bridgehead atoms. The number of carbonyl (C=O) groups is 1. The summed E-state index contributed by atoms with van der Waals surface area (Å²) in [5.74, 6) is 0.713. The second kappa shape index (κ2) is 8.66. The standard InChI is InChI=1S/C18H15ClN6OS/c1-2-25-17(12-5-7-21-8-6-12)23-24-18(25)27-11-16(26)22-14-4-3-13(10-20)15(19)9-14/h3-9H,2,11H2,1H3,(H,22,26). The summed E-state index contributed by atoms with van der Waals surface area (Å²) >= 11 is 7.28. The van der Waals surface area contributed by atoms with E-state index in [4.69, 9.17) is 16.9 Å². The van der Waals surface area contributed by atoms with Gasteiger partial charge >= 0.3 is 0 Å². The van der Waals surface area contributed by atoms with Crippen LogP contribution in [-0.2, 0) is 11.3 Å². The van der Waals surface area contributed by atoms with Crippen LogP contribution in [0.4, 0.5) is 5.69 Å². The van der Waals surface area contributed by atoms with Crippen molar-refractivity contribution in [3.05, 3.63) is 53.3 Å². The number of carbonyl (C=O) groups excluding carboxylic acids is 1. The molecule has 2 heterocycles. The molecule has 0 aliphatic rings. The zero-order valence-corrected chi connectivity index (χ0v) is 16.0. The Hall–Kier alpha value is -2.89. The molecule has 9 heteroatoms. The van der Waals surface area contributed by atoms with Crippen LogP contribution in [0, 0.1) is 11.3 Å². The summed E-state index contributed by atoms with van der Waals surface area (Å²) in [6, 6.07) is 10.5. The van der Waals surface area contributed by atoms with E-state index >= 15 is 0 Å². The average Bonchev–Trinajstić information content (AvgIpc) is 3.10. The van der Waals surface area contributed by atoms with Gasteiger partial charge in [0.25, 0.3) is 0 Å². The normalized spacial score (nSPS) is 10.4. The highest BCUT2D eigenvalue weighted by Gasteiger charge is 2.14. The van der Waals surface area contributed by atoms with Crippen LogP contribution < -0.4 is 5.32 Å². The van der Waals surface area contributed by atoms with Gasteiger partial charge in [0, 0.05) is 30.2 Å². The summed E-state index contributed by atoms with van der Waals surface area (Å²) in [5, 5.41) is 21.1. The van der Waals surface area contributed by atoms with Crippen LogP contribution in [0.2, 0.25) is 5.02 Å². The van der Waals surface area contributed by atoms with Crippen LogP contribution in [-0.4, -0.2) is 31.4 Å². The van der Waals surface area contributed by atoms with Gasteiger partial charge in [-0.3, -0.25) is 9.78 Å². The number of benzene rings is 1. The van der Waals surface area contributed by atoms with Crippen molar-refractivity contribution in [1.82, 2.24) is 19.7 Å². The second-order valence-corrected chi connectivity index (χ2v) is 6.78. The van der Waals surface area contributed by atoms with Gasteiger partial charge in [-0.25, -0.2) is 0 Å². The van der Waals surface area contributed by atoms with Gasteiger partial charge in [-0.15, -0.1) is 10.2 Å². The lowest BCUT2D eigenvalue weighted by Gasteiger charge is -2.08. The highest BCUT2D eigenvalue weighted by molar-refractivity contribution is 7.99. The third kappa shape index (κ3) is 4.45. The van der Waals surface area contributed by atoms with Crippen LogP contribution in [0.3, 0.4) is 0 Å². The molecule has 0 atom stereocenters. The lowest BCUT2D eigenvalue weighted by molar-refractivity contribution is -0.113. The van der Waals surface area contributed by atoms with E-state index in [-0.39, 0.29) is 11.7 Å². The van der Waals surface area contributed by atoms with E-state index in [2.05, 4.69) is 20.5 Å². The van der Waals surface area contributed by atoms with Crippen molar-refractivity contribution in [1.29, 1.82) is 5.26 Å². The fraction of sp³-hybridized carbons (Fsp3) is 0.167. The molecular weight excluding hydrogens is 384 g/mol. The van der Waals surface area contributed by atoms with Gasteiger partial charge in [-0.2, -0.15) is 5.26 Å². The molecule has 0 spiro atoms. The van der Waals surface area contributed by atoms with Gasteiger partial charge in [-0.1, -0.05) is 23.4 Å². The largest absolute Gasteiger partial charge is 0.325 e. The summed E-state index contributed by atoms with van der Waals surface area (Å²) in [6.45, 7) is 2.68. The number of nitrogens with one attached hydrogen (secondary N) is 1. The number of anilines is 1. The lowest BCUT2D eigenvalue weighted by Crippen LogP contribution is -2.14. The Labute approximate surface area is 165 Å². The summed E-state index contributed by atoms with van der Waals surface area (Å²) < 4.78 is 1.95. The first kappa shape index (κ1) is 18.9. The number of nitrogens with zero attached hydrogens (tertiary/aromatic N) is 5. The first-order valence-electron chi connectivity index (χ1n) is 8.08. The summed E-state index contributed by atoms with van der Waals surface area (Å²) in [7, 11) is 0. The fourth-order valence-corrected chi connectivity index (χ4v) is 3.43. The molecule has 1 amide bonds. The molecule has 136 valence electrons. The first-order chi connectivity index (χ1) is 13.1. The highest BCUT2D eigenvalue weighted by Crippen LogP contribution is 2.24. The van der Waals surface area contributed by atoms with Crippen molar-refractivity contribution in [2.24, 2.45) is 0 Å². The zero-order chi connectivity index (χ0) is 19.2. The van der Waals surface area contributed by atoms with Gasteiger partial charge in [-0.05, 0) is 37.3 Å². The predicted octanol–water partition coefficient (Wildman–Crippen LogP) is 3.62. The minimum absolute atomic E-state index is 0.173. The number of hydrogen-bond donors (Lipinski definition) is 1. The molecule has 27 heavy (non-hydrogen) atoms. The minimum Gasteiger partial charge on any atom is -0.325 e. The maximum Gasteiger partial charge on any atom is 0.234 e. The number of halogens is 1. The Morgan fingerprint density at radius 3 is 2.74 bits per heavy atom. The third-order valence-corrected chi connectivity index (χ3v) is 4.96. The Morgan fingerprint density at radius 1 is 1.30 bits per heavy atom. The number of pyridine rings is 1. The van der Waals surface area contributed by atoms with Crippen molar-refractivity contribution in [2.75, 3.05) is 11.1 Å². The molecule has 1 aromatic carbocycles. The van der Waals surface area contributed by atoms with Gasteiger partial charge in [0.1, 0.15) is 6.07 Å². The Kier molecular flexibility index (Phi) is 6.06. The molecule has 3 rings (SSSR count). The van der Waals surface area contributed by atoms with E-state index in [0.29, 0.717) is 28.0 Å². The average molecular weight is 399 g/mol. The van der Waals surface area contributed by atoms with Crippen LogP contribution in [0.25, 0.3) is 11.4 Å². The number of amides is 1. The smallest absolute Gasteiger partial charge is 0.234 e. The maximum atomic E-state index is 12.2. The van der Waals surface area contributed by atoms with Gasteiger partial charge in [0.15, 0.2) is 11.0 Å². The molecule has 0 radical (unpaired) electrons. The van der Waals surface area contributed by atoms with Crippen LogP contribution in [0.15, 0.2) is 47.9 Å². The molecule has 0 saturated carbocycles. The molecule has 3 aromatic rings. The highest BCUT2D eigenvalue weighted by atomic mass is 35.5.